The fourth-order valence-electron chi connectivity index (χ4n) is 2.84. The van der Waals surface area contributed by atoms with Crippen LogP contribution in [0.25, 0.3) is 6.08 Å². The average Bonchev–Trinajstić information content (AvgIpc) is 3.03. The van der Waals surface area contributed by atoms with Crippen LogP contribution in [0.2, 0.25) is 5.02 Å². The zero-order chi connectivity index (χ0) is 21.7. The molecule has 8 heteroatoms. The first-order valence-corrected chi connectivity index (χ1v) is 10.6. The molecule has 3 rings (SSSR count). The van der Waals surface area contributed by atoms with E-state index in [-0.39, 0.29) is 23.3 Å². The molecule has 0 N–H and O–H groups in total. The predicted molar refractivity (Wildman–Crippen MR) is 121 cm³/mol. The summed E-state index contributed by atoms with van der Waals surface area (Å²) in [5.74, 6) is -0.134. The average molecular weight is 445 g/mol. The number of thioether (sulfide) groups is 1. The number of halogens is 1. The number of methoxy groups -OCH3 is 1. The van der Waals surface area contributed by atoms with Crippen LogP contribution < -0.4 is 9.64 Å². The van der Waals surface area contributed by atoms with Crippen LogP contribution in [0.4, 0.5) is 5.69 Å². The molecule has 0 spiro atoms. The lowest BCUT2D eigenvalue weighted by molar-refractivity contribution is -0.139. The zero-order valence-corrected chi connectivity index (χ0v) is 18.4. The number of aryl methyl sites for hydroxylation is 1. The number of carbonyl (C=O) groups is 2. The number of aliphatic imine (C=N–C) groups is 1. The highest BCUT2D eigenvalue weighted by molar-refractivity contribution is 8.14. The van der Waals surface area contributed by atoms with Gasteiger partial charge in [-0.1, -0.05) is 47.6 Å². The van der Waals surface area contributed by atoms with Crippen LogP contribution in [0.5, 0.6) is 5.75 Å². The van der Waals surface area contributed by atoms with Crippen LogP contribution in [0.15, 0.2) is 53.2 Å². The number of anilines is 1. The largest absolute Gasteiger partial charge is 0.495 e. The molecule has 1 aliphatic rings. The standard InChI is InChI=1S/C22H21ClN2O4S/c1-4-29-20(26)13-30-22-24-18(11-15-8-6-5-7-14(15)2)21(27)25(22)16-9-10-19(28-3)17(23)12-16/h5-12H,4,13H2,1-3H3/b18-11-. The highest BCUT2D eigenvalue weighted by Crippen LogP contribution is 2.34. The molecule has 0 aliphatic carbocycles. The molecule has 30 heavy (non-hydrogen) atoms. The van der Waals surface area contributed by atoms with Crippen molar-refractivity contribution < 1.29 is 19.1 Å². The lowest BCUT2D eigenvalue weighted by Crippen LogP contribution is -2.31. The molecule has 0 aromatic heterocycles. The van der Waals surface area contributed by atoms with Gasteiger partial charge >= 0.3 is 5.97 Å². The zero-order valence-electron chi connectivity index (χ0n) is 16.8. The Bertz CT molecular complexity index is 1040. The Morgan fingerprint density at radius 3 is 2.70 bits per heavy atom. The van der Waals surface area contributed by atoms with Gasteiger partial charge in [0.05, 0.1) is 30.2 Å². The third-order valence-electron chi connectivity index (χ3n) is 4.33. The Morgan fingerprint density at radius 2 is 2.03 bits per heavy atom. The monoisotopic (exact) mass is 444 g/mol. The second kappa shape index (κ2) is 9.82. The third-order valence-corrected chi connectivity index (χ3v) is 5.54. The quantitative estimate of drug-likeness (QED) is 0.477. The van der Waals surface area contributed by atoms with E-state index in [4.69, 9.17) is 21.1 Å². The normalized spacial score (nSPS) is 14.8. The van der Waals surface area contributed by atoms with Gasteiger partial charge in [-0.2, -0.15) is 0 Å². The van der Waals surface area contributed by atoms with E-state index in [0.29, 0.717) is 28.2 Å². The van der Waals surface area contributed by atoms with E-state index in [1.54, 1.807) is 31.2 Å². The molecular weight excluding hydrogens is 424 g/mol. The molecule has 156 valence electrons. The molecule has 1 heterocycles. The second-order valence-corrected chi connectivity index (χ2v) is 7.68. The maximum Gasteiger partial charge on any atom is 0.316 e. The summed E-state index contributed by atoms with van der Waals surface area (Å²) in [5.41, 5.74) is 2.74. The van der Waals surface area contributed by atoms with Gasteiger partial charge in [0.1, 0.15) is 11.4 Å². The molecule has 0 unspecified atom stereocenters. The number of amides is 1. The van der Waals surface area contributed by atoms with Crippen LogP contribution in [0.1, 0.15) is 18.1 Å². The van der Waals surface area contributed by atoms with Crippen molar-refractivity contribution in [3.05, 3.63) is 64.3 Å². The van der Waals surface area contributed by atoms with Gasteiger partial charge in [0.25, 0.3) is 5.91 Å². The SMILES string of the molecule is CCOC(=O)CSC1=N/C(=C\c2ccccc2C)C(=O)N1c1ccc(OC)c(Cl)c1. The predicted octanol–water partition coefficient (Wildman–Crippen LogP) is 4.70. The minimum atomic E-state index is -0.373. The second-order valence-electron chi connectivity index (χ2n) is 6.33. The van der Waals surface area contributed by atoms with Gasteiger partial charge in [0.15, 0.2) is 5.17 Å². The van der Waals surface area contributed by atoms with E-state index in [1.165, 1.54) is 12.0 Å². The van der Waals surface area contributed by atoms with E-state index in [0.717, 1.165) is 22.9 Å². The van der Waals surface area contributed by atoms with E-state index in [2.05, 4.69) is 4.99 Å². The van der Waals surface area contributed by atoms with Crippen LogP contribution in [0.3, 0.4) is 0 Å². The van der Waals surface area contributed by atoms with Crippen molar-refractivity contribution in [3.63, 3.8) is 0 Å². The maximum absolute atomic E-state index is 13.2. The first kappa shape index (κ1) is 21.9. The molecule has 1 amide bonds. The minimum Gasteiger partial charge on any atom is -0.495 e. The van der Waals surface area contributed by atoms with E-state index in [9.17, 15) is 9.59 Å². The summed E-state index contributed by atoms with van der Waals surface area (Å²) < 4.78 is 10.2. The molecule has 0 radical (unpaired) electrons. The highest BCUT2D eigenvalue weighted by Gasteiger charge is 2.33. The number of nitrogens with zero attached hydrogens (tertiary/aromatic N) is 2. The van der Waals surface area contributed by atoms with Gasteiger partial charge in [-0.25, -0.2) is 4.99 Å². The summed E-state index contributed by atoms with van der Waals surface area (Å²) in [6.45, 7) is 4.00. The fraction of sp³-hybridized carbons (Fsp3) is 0.227. The van der Waals surface area contributed by atoms with Crippen LogP contribution in [0, 0.1) is 6.92 Å². The number of benzene rings is 2. The highest BCUT2D eigenvalue weighted by atomic mass is 35.5. The molecule has 2 aromatic carbocycles. The van der Waals surface area contributed by atoms with Crippen LogP contribution in [-0.4, -0.2) is 36.5 Å². The molecule has 1 aliphatic heterocycles. The molecule has 0 saturated carbocycles. The summed E-state index contributed by atoms with van der Waals surface area (Å²) in [6, 6.07) is 12.8. The van der Waals surface area contributed by atoms with Crippen LogP contribution in [-0.2, 0) is 14.3 Å². The van der Waals surface area contributed by atoms with Crippen molar-refractivity contribution in [2.45, 2.75) is 13.8 Å². The lowest BCUT2D eigenvalue weighted by Gasteiger charge is -2.18. The van der Waals surface area contributed by atoms with E-state index >= 15 is 0 Å². The number of hydrogen-bond donors (Lipinski definition) is 0. The first-order valence-electron chi connectivity index (χ1n) is 9.27. The minimum absolute atomic E-state index is 0.0397. The Hall–Kier alpha value is -2.77. The van der Waals surface area contributed by atoms with Crippen molar-refractivity contribution in [1.82, 2.24) is 0 Å². The van der Waals surface area contributed by atoms with Crippen molar-refractivity contribution in [2.75, 3.05) is 24.4 Å². The van der Waals surface area contributed by atoms with Gasteiger partial charge in [0, 0.05) is 0 Å². The lowest BCUT2D eigenvalue weighted by atomic mass is 10.1. The Morgan fingerprint density at radius 1 is 1.27 bits per heavy atom. The van der Waals surface area contributed by atoms with Gasteiger partial charge < -0.3 is 9.47 Å². The summed E-state index contributed by atoms with van der Waals surface area (Å²) >= 11 is 7.40. The summed E-state index contributed by atoms with van der Waals surface area (Å²) in [4.78, 5) is 31.0. The van der Waals surface area contributed by atoms with Crippen molar-refractivity contribution in [3.8, 4) is 5.75 Å². The molecule has 0 bridgehead atoms. The van der Waals surface area contributed by atoms with Gasteiger partial charge in [-0.05, 0) is 49.2 Å². The fourth-order valence-corrected chi connectivity index (χ4v) is 3.90. The number of carbonyl (C=O) groups excluding carboxylic acids is 2. The molecule has 0 atom stereocenters. The third kappa shape index (κ3) is 4.86. The first-order chi connectivity index (χ1) is 14.4. The number of esters is 1. The topological polar surface area (TPSA) is 68.2 Å². The summed E-state index contributed by atoms with van der Waals surface area (Å²) in [5, 5.41) is 0.753. The van der Waals surface area contributed by atoms with Crippen LogP contribution >= 0.6 is 23.4 Å². The maximum atomic E-state index is 13.2. The number of amidine groups is 1. The van der Waals surface area contributed by atoms with Gasteiger partial charge in [-0.3, -0.25) is 14.5 Å². The number of hydrogen-bond acceptors (Lipinski definition) is 6. The molecule has 0 fully saturated rings. The number of ether oxygens (including phenoxy) is 2. The molecule has 6 nitrogen and oxygen atoms in total. The van der Waals surface area contributed by atoms with E-state index < -0.39 is 0 Å². The Kier molecular flexibility index (Phi) is 7.18. The molecule has 2 aromatic rings. The van der Waals surface area contributed by atoms with Gasteiger partial charge in [0.2, 0.25) is 0 Å². The van der Waals surface area contributed by atoms with Crippen molar-refractivity contribution >= 4 is 52.2 Å². The summed E-state index contributed by atoms with van der Waals surface area (Å²) in [7, 11) is 1.52. The van der Waals surface area contributed by atoms with E-state index in [1.807, 2.05) is 31.2 Å². The van der Waals surface area contributed by atoms with Gasteiger partial charge in [-0.15, -0.1) is 0 Å². The van der Waals surface area contributed by atoms with Crippen molar-refractivity contribution in [2.24, 2.45) is 4.99 Å². The molecule has 0 saturated heterocycles. The molecular formula is C22H21ClN2O4S. The van der Waals surface area contributed by atoms with Crippen molar-refractivity contribution in [1.29, 1.82) is 0 Å². The smallest absolute Gasteiger partial charge is 0.316 e. The number of rotatable bonds is 6. The Balaban J connectivity index is 1.97. The Labute approximate surface area is 184 Å². The summed E-state index contributed by atoms with van der Waals surface area (Å²) in [6.07, 6.45) is 1.74.